The van der Waals surface area contributed by atoms with Gasteiger partial charge in [0.2, 0.25) is 5.91 Å². The second-order valence-corrected chi connectivity index (χ2v) is 6.93. The van der Waals surface area contributed by atoms with Crippen LogP contribution in [0.4, 0.5) is 0 Å². The first-order valence-electron chi connectivity index (χ1n) is 7.51. The van der Waals surface area contributed by atoms with E-state index in [4.69, 9.17) is 0 Å². The summed E-state index contributed by atoms with van der Waals surface area (Å²) >= 11 is 3.46. The first kappa shape index (κ1) is 13.8. The fourth-order valence-electron chi connectivity index (χ4n) is 3.73. The molecule has 0 aliphatic carbocycles. The van der Waals surface area contributed by atoms with E-state index in [0.29, 0.717) is 18.7 Å². The summed E-state index contributed by atoms with van der Waals surface area (Å²) in [6, 6.07) is 14.0. The molecule has 0 unspecified atom stereocenters. The Hall–Kier alpha value is -1.81. The van der Waals surface area contributed by atoms with Crippen LogP contribution in [0.2, 0.25) is 0 Å². The van der Waals surface area contributed by atoms with Crippen LogP contribution >= 0.6 is 15.9 Å². The van der Waals surface area contributed by atoms with Crippen LogP contribution in [0.5, 0.6) is 5.75 Å². The van der Waals surface area contributed by atoms with Crippen molar-refractivity contribution in [1.82, 2.24) is 4.90 Å². The molecule has 2 aliphatic rings. The van der Waals surface area contributed by atoms with Crippen molar-refractivity contribution in [2.75, 3.05) is 6.54 Å². The first-order valence-corrected chi connectivity index (χ1v) is 8.30. The molecule has 0 saturated carbocycles. The van der Waals surface area contributed by atoms with E-state index in [9.17, 15) is 9.90 Å². The topological polar surface area (TPSA) is 40.5 Å². The van der Waals surface area contributed by atoms with Gasteiger partial charge in [0.15, 0.2) is 0 Å². The first-order chi connectivity index (χ1) is 10.6. The van der Waals surface area contributed by atoms with Gasteiger partial charge in [0.25, 0.3) is 0 Å². The van der Waals surface area contributed by atoms with Gasteiger partial charge in [0.05, 0.1) is 6.04 Å². The SMILES string of the molecule is O=C1CC[C@H]2c3ccc(O)cc3[C@@H](c3ccc(Br)cc3)CN12. The number of carbonyl (C=O) groups excluding carboxylic acids is 1. The Morgan fingerprint density at radius 2 is 1.86 bits per heavy atom. The fraction of sp³-hybridized carbons (Fsp3) is 0.278. The Kier molecular flexibility index (Phi) is 3.22. The largest absolute Gasteiger partial charge is 0.508 e. The molecule has 2 atom stereocenters. The van der Waals surface area contributed by atoms with Crippen molar-refractivity contribution < 1.29 is 9.90 Å². The number of hydrogen-bond donors (Lipinski definition) is 1. The van der Waals surface area contributed by atoms with Gasteiger partial charge in [0, 0.05) is 23.4 Å². The molecule has 3 nitrogen and oxygen atoms in total. The number of benzene rings is 2. The molecule has 1 amide bonds. The maximum Gasteiger partial charge on any atom is 0.223 e. The molecule has 0 aromatic heterocycles. The normalized spacial score (nSPS) is 23.3. The number of amides is 1. The van der Waals surface area contributed by atoms with Crippen LogP contribution in [-0.2, 0) is 4.79 Å². The molecular formula is C18H16BrNO2. The number of rotatable bonds is 1. The number of fused-ring (bicyclic) bond motifs is 3. The maximum atomic E-state index is 12.2. The zero-order valence-corrected chi connectivity index (χ0v) is 13.6. The Morgan fingerprint density at radius 3 is 2.64 bits per heavy atom. The standard InChI is InChI=1S/C18H16BrNO2/c19-12-3-1-11(2-4-12)16-10-20-17(7-8-18(20)22)14-6-5-13(21)9-15(14)16/h1-6,9,16-17,21H,7-8,10H2/t16-,17+/m1/s1. The Morgan fingerprint density at radius 1 is 1.09 bits per heavy atom. The van der Waals surface area contributed by atoms with Crippen molar-refractivity contribution in [3.05, 3.63) is 63.6 Å². The summed E-state index contributed by atoms with van der Waals surface area (Å²) in [4.78, 5) is 14.2. The number of carbonyl (C=O) groups is 1. The summed E-state index contributed by atoms with van der Waals surface area (Å²) in [7, 11) is 0. The van der Waals surface area contributed by atoms with Crippen LogP contribution in [0.1, 0.15) is 41.5 Å². The molecule has 112 valence electrons. The second-order valence-electron chi connectivity index (χ2n) is 6.02. The van der Waals surface area contributed by atoms with Crippen molar-refractivity contribution in [2.24, 2.45) is 0 Å². The monoisotopic (exact) mass is 357 g/mol. The number of nitrogens with zero attached hydrogens (tertiary/aromatic N) is 1. The van der Waals surface area contributed by atoms with Gasteiger partial charge >= 0.3 is 0 Å². The molecule has 2 heterocycles. The minimum Gasteiger partial charge on any atom is -0.508 e. The highest BCUT2D eigenvalue weighted by Gasteiger charge is 2.40. The fourth-order valence-corrected chi connectivity index (χ4v) is 3.99. The maximum absolute atomic E-state index is 12.2. The predicted molar refractivity (Wildman–Crippen MR) is 87.8 cm³/mol. The molecule has 0 radical (unpaired) electrons. The van der Waals surface area contributed by atoms with Crippen LogP contribution in [0, 0.1) is 0 Å². The lowest BCUT2D eigenvalue weighted by Gasteiger charge is -2.37. The van der Waals surface area contributed by atoms with Crippen molar-refractivity contribution in [2.45, 2.75) is 24.8 Å². The number of phenolic OH excluding ortho intramolecular Hbond substituents is 1. The number of halogens is 1. The lowest BCUT2D eigenvalue weighted by atomic mass is 9.81. The molecule has 4 heteroatoms. The van der Waals surface area contributed by atoms with Gasteiger partial charge in [-0.15, -0.1) is 0 Å². The molecule has 1 fully saturated rings. The van der Waals surface area contributed by atoms with E-state index in [1.54, 1.807) is 6.07 Å². The van der Waals surface area contributed by atoms with Crippen molar-refractivity contribution >= 4 is 21.8 Å². The lowest BCUT2D eigenvalue weighted by Crippen LogP contribution is -2.37. The van der Waals surface area contributed by atoms with Gasteiger partial charge in [0.1, 0.15) is 5.75 Å². The van der Waals surface area contributed by atoms with Crippen molar-refractivity contribution in [3.63, 3.8) is 0 Å². The summed E-state index contributed by atoms with van der Waals surface area (Å²) < 4.78 is 1.04. The minimum atomic E-state index is 0.119. The van der Waals surface area contributed by atoms with Gasteiger partial charge < -0.3 is 10.0 Å². The van der Waals surface area contributed by atoms with E-state index in [2.05, 4.69) is 28.1 Å². The number of hydrogen-bond acceptors (Lipinski definition) is 2. The summed E-state index contributed by atoms with van der Waals surface area (Å²) in [5.74, 6) is 0.651. The third-order valence-electron chi connectivity index (χ3n) is 4.78. The van der Waals surface area contributed by atoms with Gasteiger partial charge in [-0.1, -0.05) is 34.1 Å². The molecule has 1 N–H and O–H groups in total. The van der Waals surface area contributed by atoms with E-state index in [1.807, 2.05) is 29.2 Å². The molecule has 0 bridgehead atoms. The molecular weight excluding hydrogens is 342 g/mol. The molecule has 1 saturated heterocycles. The number of aromatic hydroxyl groups is 1. The summed E-state index contributed by atoms with van der Waals surface area (Å²) in [6.07, 6.45) is 1.50. The zero-order chi connectivity index (χ0) is 15.3. The van der Waals surface area contributed by atoms with Crippen LogP contribution in [0.25, 0.3) is 0 Å². The van der Waals surface area contributed by atoms with E-state index >= 15 is 0 Å². The van der Waals surface area contributed by atoms with Crippen LogP contribution in [-0.4, -0.2) is 22.5 Å². The average Bonchev–Trinajstić information content (AvgIpc) is 2.88. The Balaban J connectivity index is 1.85. The van der Waals surface area contributed by atoms with Crippen LogP contribution in [0.3, 0.4) is 0 Å². The summed E-state index contributed by atoms with van der Waals surface area (Å²) in [6.45, 7) is 0.696. The molecule has 0 spiro atoms. The molecule has 2 aromatic carbocycles. The Labute approximate surface area is 137 Å². The Bertz CT molecular complexity index is 741. The highest BCUT2D eigenvalue weighted by Crippen LogP contribution is 2.45. The number of phenols is 1. The van der Waals surface area contributed by atoms with E-state index < -0.39 is 0 Å². The van der Waals surface area contributed by atoms with Crippen LogP contribution < -0.4 is 0 Å². The zero-order valence-electron chi connectivity index (χ0n) is 12.0. The third kappa shape index (κ3) is 2.13. The average molecular weight is 358 g/mol. The smallest absolute Gasteiger partial charge is 0.223 e. The molecule has 2 aromatic rings. The summed E-state index contributed by atoms with van der Waals surface area (Å²) in [5, 5.41) is 9.90. The highest BCUT2D eigenvalue weighted by molar-refractivity contribution is 9.10. The van der Waals surface area contributed by atoms with Crippen molar-refractivity contribution in [3.8, 4) is 5.75 Å². The minimum absolute atomic E-state index is 0.119. The van der Waals surface area contributed by atoms with E-state index in [-0.39, 0.29) is 17.9 Å². The van der Waals surface area contributed by atoms with Gasteiger partial charge in [-0.3, -0.25) is 4.79 Å². The third-order valence-corrected chi connectivity index (χ3v) is 5.31. The van der Waals surface area contributed by atoms with Gasteiger partial charge in [-0.05, 0) is 47.4 Å². The molecule has 4 rings (SSSR count). The molecule has 2 aliphatic heterocycles. The van der Waals surface area contributed by atoms with Gasteiger partial charge in [-0.25, -0.2) is 0 Å². The van der Waals surface area contributed by atoms with Gasteiger partial charge in [-0.2, -0.15) is 0 Å². The van der Waals surface area contributed by atoms with E-state index in [0.717, 1.165) is 16.5 Å². The van der Waals surface area contributed by atoms with Crippen LogP contribution in [0.15, 0.2) is 46.9 Å². The van der Waals surface area contributed by atoms with Crippen molar-refractivity contribution in [1.29, 1.82) is 0 Å². The lowest BCUT2D eigenvalue weighted by molar-refractivity contribution is -0.129. The predicted octanol–water partition coefficient (Wildman–Crippen LogP) is 3.96. The van der Waals surface area contributed by atoms with E-state index in [1.165, 1.54) is 11.1 Å². The second kappa shape index (κ2) is 5.13. The quantitative estimate of drug-likeness (QED) is 0.838. The summed E-state index contributed by atoms with van der Waals surface area (Å²) in [5.41, 5.74) is 3.51. The highest BCUT2D eigenvalue weighted by atomic mass is 79.9. The molecule has 22 heavy (non-hydrogen) atoms.